The molecular weight excluding hydrogens is 285 g/mol. The molecular formula is C14H11F3N2O2. The van der Waals surface area contributed by atoms with Gasteiger partial charge in [-0.25, -0.2) is 9.97 Å². The lowest BCUT2D eigenvalue weighted by Gasteiger charge is -2.11. The molecule has 1 aromatic heterocycles. The lowest BCUT2D eigenvalue weighted by molar-refractivity contribution is -0.140. The van der Waals surface area contributed by atoms with Gasteiger partial charge in [0.05, 0.1) is 12.8 Å². The van der Waals surface area contributed by atoms with Crippen LogP contribution in [0.5, 0.6) is 5.75 Å². The van der Waals surface area contributed by atoms with Crippen LogP contribution in [0.15, 0.2) is 30.5 Å². The maximum absolute atomic E-state index is 13.0. The van der Waals surface area contributed by atoms with Crippen LogP contribution in [0.4, 0.5) is 13.2 Å². The molecule has 0 aliphatic heterocycles. The van der Waals surface area contributed by atoms with Crippen LogP contribution in [0.1, 0.15) is 23.1 Å². The Morgan fingerprint density at radius 2 is 1.90 bits per heavy atom. The van der Waals surface area contributed by atoms with Gasteiger partial charge in [-0.3, -0.25) is 4.79 Å². The van der Waals surface area contributed by atoms with Crippen LogP contribution < -0.4 is 4.74 Å². The Hall–Kier alpha value is -2.44. The molecule has 0 amide bonds. The van der Waals surface area contributed by atoms with Gasteiger partial charge in [0.1, 0.15) is 17.1 Å². The molecule has 2 rings (SSSR count). The van der Waals surface area contributed by atoms with Crippen LogP contribution in [0, 0.1) is 0 Å². The van der Waals surface area contributed by atoms with Crippen molar-refractivity contribution in [2.24, 2.45) is 0 Å². The summed E-state index contributed by atoms with van der Waals surface area (Å²) in [6, 6.07) is 5.96. The average Bonchev–Trinajstić information content (AvgIpc) is 2.47. The number of hydrogen-bond acceptors (Lipinski definition) is 4. The molecule has 110 valence electrons. The number of carbonyl (C=O) groups excluding carboxylic acids is 1. The van der Waals surface area contributed by atoms with E-state index in [0.29, 0.717) is 18.6 Å². The second-order valence-electron chi connectivity index (χ2n) is 4.07. The number of benzene rings is 1. The molecule has 0 saturated heterocycles. The van der Waals surface area contributed by atoms with Gasteiger partial charge < -0.3 is 4.74 Å². The fraction of sp³-hybridized carbons (Fsp3) is 0.214. The second-order valence-corrected chi connectivity index (χ2v) is 4.07. The van der Waals surface area contributed by atoms with Crippen LogP contribution >= 0.6 is 0 Å². The summed E-state index contributed by atoms with van der Waals surface area (Å²) in [5.41, 5.74) is -1.46. The van der Waals surface area contributed by atoms with Crippen molar-refractivity contribution < 1.29 is 22.7 Å². The lowest BCUT2D eigenvalue weighted by atomic mass is 10.1. The highest BCUT2D eigenvalue weighted by atomic mass is 19.4. The Bertz CT molecular complexity index is 640. The van der Waals surface area contributed by atoms with E-state index in [2.05, 4.69) is 9.97 Å². The van der Waals surface area contributed by atoms with Gasteiger partial charge >= 0.3 is 6.18 Å². The summed E-state index contributed by atoms with van der Waals surface area (Å²) < 4.78 is 44.1. The van der Waals surface area contributed by atoms with Crippen molar-refractivity contribution in [3.8, 4) is 17.0 Å². The molecule has 21 heavy (non-hydrogen) atoms. The van der Waals surface area contributed by atoms with Gasteiger partial charge in [-0.05, 0) is 31.2 Å². The molecule has 0 aliphatic carbocycles. The number of rotatable bonds is 4. The molecule has 0 unspecified atom stereocenters. The fourth-order valence-electron chi connectivity index (χ4n) is 1.74. The third-order valence-corrected chi connectivity index (χ3v) is 2.62. The van der Waals surface area contributed by atoms with Crippen molar-refractivity contribution in [1.29, 1.82) is 0 Å². The highest BCUT2D eigenvalue weighted by Crippen LogP contribution is 2.34. The maximum Gasteiger partial charge on any atom is 0.435 e. The maximum atomic E-state index is 13.0. The summed E-state index contributed by atoms with van der Waals surface area (Å²) in [6.45, 7) is 2.25. The zero-order chi connectivity index (χ0) is 15.5. The van der Waals surface area contributed by atoms with Crippen molar-refractivity contribution in [2.45, 2.75) is 13.1 Å². The van der Waals surface area contributed by atoms with E-state index in [9.17, 15) is 18.0 Å². The number of aldehydes is 1. The quantitative estimate of drug-likeness (QED) is 0.812. The van der Waals surface area contributed by atoms with Crippen LogP contribution in [0.3, 0.4) is 0 Å². The smallest absolute Gasteiger partial charge is 0.435 e. The van der Waals surface area contributed by atoms with E-state index in [1.165, 1.54) is 24.3 Å². The normalized spacial score (nSPS) is 11.2. The molecule has 0 saturated carbocycles. The molecule has 0 N–H and O–H groups in total. The van der Waals surface area contributed by atoms with Gasteiger partial charge in [0.25, 0.3) is 0 Å². The van der Waals surface area contributed by atoms with Crippen LogP contribution in [-0.2, 0) is 6.18 Å². The van der Waals surface area contributed by atoms with Crippen LogP contribution in [0.25, 0.3) is 11.3 Å². The molecule has 0 spiro atoms. The Kier molecular flexibility index (Phi) is 4.21. The third-order valence-electron chi connectivity index (χ3n) is 2.62. The molecule has 1 aromatic carbocycles. The lowest BCUT2D eigenvalue weighted by Crippen LogP contribution is -2.12. The molecule has 2 aromatic rings. The molecule has 1 heterocycles. The zero-order valence-electron chi connectivity index (χ0n) is 11.0. The van der Waals surface area contributed by atoms with Crippen LogP contribution in [0.2, 0.25) is 0 Å². The summed E-state index contributed by atoms with van der Waals surface area (Å²) in [5.74, 6) is 0.536. The van der Waals surface area contributed by atoms with Gasteiger partial charge in [-0.1, -0.05) is 0 Å². The molecule has 4 nitrogen and oxygen atoms in total. The summed E-state index contributed by atoms with van der Waals surface area (Å²) in [6.07, 6.45) is -3.50. The molecule has 0 bridgehead atoms. The van der Waals surface area contributed by atoms with Gasteiger partial charge in [-0.2, -0.15) is 13.2 Å². The minimum atomic E-state index is -4.65. The van der Waals surface area contributed by atoms with E-state index in [-0.39, 0.29) is 17.0 Å². The summed E-state index contributed by atoms with van der Waals surface area (Å²) in [5, 5.41) is 0. The number of alkyl halides is 3. The number of ether oxygens (including phenoxy) is 1. The first-order chi connectivity index (χ1) is 9.95. The zero-order valence-corrected chi connectivity index (χ0v) is 11.0. The van der Waals surface area contributed by atoms with Crippen molar-refractivity contribution >= 4 is 6.29 Å². The Morgan fingerprint density at radius 1 is 1.24 bits per heavy atom. The van der Waals surface area contributed by atoms with E-state index < -0.39 is 11.9 Å². The van der Waals surface area contributed by atoms with Gasteiger partial charge in [0.15, 0.2) is 12.0 Å². The van der Waals surface area contributed by atoms with Crippen molar-refractivity contribution in [1.82, 2.24) is 9.97 Å². The Morgan fingerprint density at radius 3 is 2.43 bits per heavy atom. The topological polar surface area (TPSA) is 52.1 Å². The number of nitrogens with zero attached hydrogens (tertiary/aromatic N) is 2. The number of aromatic nitrogens is 2. The van der Waals surface area contributed by atoms with E-state index in [0.717, 1.165) is 6.20 Å². The van der Waals surface area contributed by atoms with Crippen molar-refractivity contribution in [3.63, 3.8) is 0 Å². The number of hydrogen-bond donors (Lipinski definition) is 0. The average molecular weight is 296 g/mol. The Balaban J connectivity index is 2.52. The van der Waals surface area contributed by atoms with Crippen LogP contribution in [-0.4, -0.2) is 22.9 Å². The minimum absolute atomic E-state index is 0.160. The highest BCUT2D eigenvalue weighted by Gasteiger charge is 2.36. The number of halogens is 3. The molecule has 0 atom stereocenters. The minimum Gasteiger partial charge on any atom is -0.494 e. The monoisotopic (exact) mass is 296 g/mol. The predicted octanol–water partition coefficient (Wildman–Crippen LogP) is 3.37. The Labute approximate surface area is 118 Å². The second kappa shape index (κ2) is 5.90. The van der Waals surface area contributed by atoms with E-state index in [4.69, 9.17) is 4.74 Å². The highest BCUT2D eigenvalue weighted by molar-refractivity contribution is 5.74. The molecule has 0 aliphatic rings. The summed E-state index contributed by atoms with van der Waals surface area (Å²) in [4.78, 5) is 17.7. The fourth-order valence-corrected chi connectivity index (χ4v) is 1.74. The van der Waals surface area contributed by atoms with Crippen molar-refractivity contribution in [3.05, 3.63) is 41.9 Å². The summed E-state index contributed by atoms with van der Waals surface area (Å²) in [7, 11) is 0. The molecule has 0 radical (unpaired) electrons. The van der Waals surface area contributed by atoms with Crippen molar-refractivity contribution in [2.75, 3.05) is 6.61 Å². The first-order valence-electron chi connectivity index (χ1n) is 6.08. The van der Waals surface area contributed by atoms with E-state index in [1.807, 2.05) is 0 Å². The van der Waals surface area contributed by atoms with E-state index in [1.54, 1.807) is 6.92 Å². The van der Waals surface area contributed by atoms with Gasteiger partial charge in [0, 0.05) is 5.56 Å². The first-order valence-corrected chi connectivity index (χ1v) is 6.08. The standard InChI is InChI=1S/C14H11F3N2O2/c1-2-21-11-5-3-9(4-6-11)12-13(14(15,16)17)18-7-10(8-20)19-12/h3-8H,2H2,1H3. The molecule has 7 heteroatoms. The third kappa shape index (κ3) is 3.36. The predicted molar refractivity (Wildman–Crippen MR) is 69.0 cm³/mol. The molecule has 0 fully saturated rings. The van der Waals surface area contributed by atoms with Gasteiger partial charge in [-0.15, -0.1) is 0 Å². The SMILES string of the molecule is CCOc1ccc(-c2nc(C=O)cnc2C(F)(F)F)cc1. The first kappa shape index (κ1) is 15.0. The number of carbonyl (C=O) groups is 1. The largest absolute Gasteiger partial charge is 0.494 e. The van der Waals surface area contributed by atoms with E-state index >= 15 is 0 Å². The van der Waals surface area contributed by atoms with Gasteiger partial charge in [0.2, 0.25) is 0 Å². The summed E-state index contributed by atoms with van der Waals surface area (Å²) >= 11 is 0.